The molecule has 1 atom stereocenters. The fourth-order valence-corrected chi connectivity index (χ4v) is 4.82. The molecule has 1 aliphatic heterocycles. The van der Waals surface area contributed by atoms with E-state index in [0.29, 0.717) is 19.4 Å². The maximum Gasteiger partial charge on any atom is 0.341 e. The SMILES string of the molecule is CO/N=C(/N)NCCCC1(c2ccccc2)SC(c2cc(F)ccc2F)=NN1C(=O)N(C)C. The van der Waals surface area contributed by atoms with E-state index in [9.17, 15) is 13.6 Å². The molecule has 0 bridgehead atoms. The second kappa shape index (κ2) is 10.5. The summed E-state index contributed by atoms with van der Waals surface area (Å²) in [7, 11) is 4.62. The van der Waals surface area contributed by atoms with Crippen LogP contribution >= 0.6 is 11.8 Å². The zero-order valence-electron chi connectivity index (χ0n) is 18.6. The van der Waals surface area contributed by atoms with Crippen LogP contribution in [0.15, 0.2) is 58.8 Å². The van der Waals surface area contributed by atoms with Crippen LogP contribution in [-0.2, 0) is 9.71 Å². The van der Waals surface area contributed by atoms with Gasteiger partial charge in [0, 0.05) is 26.2 Å². The summed E-state index contributed by atoms with van der Waals surface area (Å²) in [5, 5.41) is 12.6. The van der Waals surface area contributed by atoms with Crippen molar-refractivity contribution in [3.8, 4) is 0 Å². The molecular weight excluding hydrogens is 450 g/mol. The predicted molar refractivity (Wildman–Crippen MR) is 125 cm³/mol. The van der Waals surface area contributed by atoms with Crippen LogP contribution in [0, 0.1) is 11.6 Å². The van der Waals surface area contributed by atoms with Gasteiger partial charge in [-0.1, -0.05) is 42.1 Å². The Labute approximate surface area is 195 Å². The monoisotopic (exact) mass is 476 g/mol. The molecule has 2 aromatic carbocycles. The molecule has 0 aromatic heterocycles. The highest BCUT2D eigenvalue weighted by atomic mass is 32.2. The molecule has 33 heavy (non-hydrogen) atoms. The largest absolute Gasteiger partial charge is 0.396 e. The first-order valence-corrected chi connectivity index (χ1v) is 11.0. The summed E-state index contributed by atoms with van der Waals surface area (Å²) >= 11 is 1.22. The van der Waals surface area contributed by atoms with Gasteiger partial charge >= 0.3 is 6.03 Å². The Kier molecular flexibility index (Phi) is 7.75. The standard InChI is InChI=1S/C22H26F2N6O2S/c1-29(2)21(31)30-22(15-8-5-4-6-9-15,12-7-13-26-20(25)28-32-3)33-19(27-30)17-14-16(23)10-11-18(17)24/h4-6,8-11,14H,7,12-13H2,1-3H3,(H3,25,26,28). The predicted octanol–water partition coefficient (Wildman–Crippen LogP) is 3.46. The molecule has 3 N–H and O–H groups in total. The fourth-order valence-electron chi connectivity index (χ4n) is 3.41. The number of benzene rings is 2. The van der Waals surface area contributed by atoms with E-state index in [-0.39, 0.29) is 22.6 Å². The maximum atomic E-state index is 14.6. The summed E-state index contributed by atoms with van der Waals surface area (Å²) in [5.74, 6) is -1.08. The molecule has 2 amide bonds. The minimum absolute atomic E-state index is 0.00367. The molecule has 11 heteroatoms. The Morgan fingerprint density at radius 2 is 2.00 bits per heavy atom. The highest BCUT2D eigenvalue weighted by Gasteiger charge is 2.49. The van der Waals surface area contributed by atoms with Gasteiger partial charge in [-0.15, -0.1) is 0 Å². The van der Waals surface area contributed by atoms with E-state index in [2.05, 4.69) is 20.4 Å². The van der Waals surface area contributed by atoms with E-state index in [0.717, 1.165) is 23.8 Å². The number of rotatable bonds is 7. The molecule has 0 saturated carbocycles. The number of halogens is 2. The fraction of sp³-hybridized carbons (Fsp3) is 0.318. The van der Waals surface area contributed by atoms with Crippen LogP contribution in [0.3, 0.4) is 0 Å². The molecule has 0 fully saturated rings. The van der Waals surface area contributed by atoms with Gasteiger partial charge in [0.1, 0.15) is 28.7 Å². The number of carbonyl (C=O) groups excluding carboxylic acids is 1. The van der Waals surface area contributed by atoms with E-state index >= 15 is 0 Å². The lowest BCUT2D eigenvalue weighted by molar-refractivity contribution is 0.138. The zero-order valence-corrected chi connectivity index (χ0v) is 19.4. The summed E-state index contributed by atoms with van der Waals surface area (Å²) in [6.45, 7) is 0.446. The zero-order chi connectivity index (χ0) is 24.0. The molecule has 176 valence electrons. The van der Waals surface area contributed by atoms with Gasteiger partial charge in [-0.3, -0.25) is 0 Å². The van der Waals surface area contributed by atoms with Crippen LogP contribution in [0.5, 0.6) is 0 Å². The Balaban J connectivity index is 2.01. The van der Waals surface area contributed by atoms with E-state index < -0.39 is 16.5 Å². The smallest absolute Gasteiger partial charge is 0.341 e. The quantitative estimate of drug-likeness (QED) is 0.276. The third-order valence-electron chi connectivity index (χ3n) is 4.93. The van der Waals surface area contributed by atoms with Crippen LogP contribution in [0.25, 0.3) is 0 Å². The number of urea groups is 1. The molecule has 8 nitrogen and oxygen atoms in total. The van der Waals surface area contributed by atoms with Gasteiger partial charge in [0.15, 0.2) is 0 Å². The van der Waals surface area contributed by atoms with Gasteiger partial charge in [-0.25, -0.2) is 13.6 Å². The first-order valence-electron chi connectivity index (χ1n) is 10.2. The highest BCUT2D eigenvalue weighted by Crippen LogP contribution is 2.50. The van der Waals surface area contributed by atoms with Crippen LogP contribution in [-0.4, -0.2) is 54.7 Å². The number of thioether (sulfide) groups is 1. The minimum atomic E-state index is -0.981. The van der Waals surface area contributed by atoms with E-state index in [1.54, 1.807) is 14.1 Å². The first kappa shape index (κ1) is 24.3. The first-order chi connectivity index (χ1) is 15.8. The molecule has 3 rings (SSSR count). The number of oxime groups is 1. The number of hydrogen-bond acceptors (Lipinski definition) is 5. The van der Waals surface area contributed by atoms with Gasteiger partial charge in [-0.05, 0) is 41.8 Å². The lowest BCUT2D eigenvalue weighted by atomic mass is 10.0. The van der Waals surface area contributed by atoms with Crippen molar-refractivity contribution >= 4 is 28.8 Å². The number of nitrogens with zero attached hydrogens (tertiary/aromatic N) is 4. The molecule has 1 unspecified atom stereocenters. The van der Waals surface area contributed by atoms with Crippen molar-refractivity contribution in [2.45, 2.75) is 17.7 Å². The molecule has 0 aliphatic carbocycles. The average molecular weight is 477 g/mol. The summed E-state index contributed by atoms with van der Waals surface area (Å²) in [5.41, 5.74) is 6.51. The van der Waals surface area contributed by atoms with Crippen molar-refractivity contribution < 1.29 is 18.4 Å². The van der Waals surface area contributed by atoms with Crippen molar-refractivity contribution in [1.82, 2.24) is 15.2 Å². The van der Waals surface area contributed by atoms with Crippen LogP contribution in [0.2, 0.25) is 0 Å². The van der Waals surface area contributed by atoms with Gasteiger partial charge in [0.2, 0.25) is 5.96 Å². The Hall–Kier alpha value is -3.34. The molecular formula is C22H26F2N6O2S. The van der Waals surface area contributed by atoms with Gasteiger partial charge in [0.05, 0.1) is 0 Å². The number of nitrogens with two attached hydrogens (primary N) is 1. The molecule has 0 saturated heterocycles. The molecule has 2 aromatic rings. The number of hydrogen-bond donors (Lipinski definition) is 2. The summed E-state index contributed by atoms with van der Waals surface area (Å²) in [6, 6.07) is 12.2. The van der Waals surface area contributed by atoms with Crippen molar-refractivity contribution in [2.24, 2.45) is 16.0 Å². The number of guanidine groups is 1. The Bertz CT molecular complexity index is 1050. The van der Waals surface area contributed by atoms with Crippen molar-refractivity contribution in [3.05, 3.63) is 71.3 Å². The summed E-state index contributed by atoms with van der Waals surface area (Å²) in [4.78, 5) is 18.2. The maximum absolute atomic E-state index is 14.6. The van der Waals surface area contributed by atoms with E-state index in [1.807, 2.05) is 30.3 Å². The second-order valence-corrected chi connectivity index (χ2v) is 8.73. The lowest BCUT2D eigenvalue weighted by Gasteiger charge is -2.37. The Morgan fingerprint density at radius 1 is 1.27 bits per heavy atom. The second-order valence-electron chi connectivity index (χ2n) is 7.46. The van der Waals surface area contributed by atoms with E-state index in [1.165, 1.54) is 28.8 Å². The van der Waals surface area contributed by atoms with Gasteiger partial charge < -0.3 is 20.8 Å². The summed E-state index contributed by atoms with van der Waals surface area (Å²) < 4.78 is 28.5. The van der Waals surface area contributed by atoms with E-state index in [4.69, 9.17) is 5.73 Å². The average Bonchev–Trinajstić information content (AvgIpc) is 3.19. The van der Waals surface area contributed by atoms with Crippen LogP contribution in [0.4, 0.5) is 13.6 Å². The van der Waals surface area contributed by atoms with Crippen LogP contribution in [0.1, 0.15) is 24.0 Å². The molecule has 0 spiro atoms. The third-order valence-corrected chi connectivity index (χ3v) is 6.38. The number of carbonyl (C=O) groups is 1. The third kappa shape index (κ3) is 5.36. The number of nitrogens with one attached hydrogen (secondary N) is 1. The van der Waals surface area contributed by atoms with Crippen molar-refractivity contribution in [3.63, 3.8) is 0 Å². The van der Waals surface area contributed by atoms with Gasteiger partial charge in [0.25, 0.3) is 0 Å². The number of amides is 2. The molecule has 1 heterocycles. The van der Waals surface area contributed by atoms with Crippen molar-refractivity contribution in [2.75, 3.05) is 27.7 Å². The summed E-state index contributed by atoms with van der Waals surface area (Å²) in [6.07, 6.45) is 1.01. The topological polar surface area (TPSA) is 95.5 Å². The van der Waals surface area contributed by atoms with Gasteiger partial charge in [-0.2, -0.15) is 10.1 Å². The Morgan fingerprint density at radius 3 is 2.67 bits per heavy atom. The highest BCUT2D eigenvalue weighted by molar-refractivity contribution is 8.15. The molecule has 0 radical (unpaired) electrons. The lowest BCUT2D eigenvalue weighted by Crippen LogP contribution is -2.46. The normalized spacial score (nSPS) is 18.2. The number of hydrazone groups is 1. The molecule has 1 aliphatic rings. The van der Waals surface area contributed by atoms with Crippen molar-refractivity contribution in [1.29, 1.82) is 0 Å². The minimum Gasteiger partial charge on any atom is -0.396 e. The van der Waals surface area contributed by atoms with Crippen LogP contribution < -0.4 is 11.1 Å².